The summed E-state index contributed by atoms with van der Waals surface area (Å²) in [5.74, 6) is 0. The Morgan fingerprint density at radius 3 is 1.93 bits per heavy atom. The minimum atomic E-state index is 0.131. The first-order valence-electron chi connectivity index (χ1n) is 18.7. The molecule has 4 aromatic heterocycles. The molecule has 0 aliphatic heterocycles. The Hall–Kier alpha value is -7.04. The van der Waals surface area contributed by atoms with Crippen molar-refractivity contribution in [1.82, 2.24) is 9.13 Å². The van der Waals surface area contributed by atoms with Crippen LogP contribution >= 0.6 is 0 Å². The van der Waals surface area contributed by atoms with Crippen LogP contribution in [0.3, 0.4) is 0 Å². The van der Waals surface area contributed by atoms with Gasteiger partial charge in [0.25, 0.3) is 0 Å². The molecule has 1 atom stereocenters. The number of para-hydroxylation sites is 3. The quantitative estimate of drug-likeness (QED) is 0.169. The van der Waals surface area contributed by atoms with Gasteiger partial charge in [0.15, 0.2) is 0 Å². The van der Waals surface area contributed by atoms with Crippen molar-refractivity contribution in [3.05, 3.63) is 162 Å². The molecule has 13 rings (SSSR count). The van der Waals surface area contributed by atoms with Gasteiger partial charge in [-0.2, -0.15) is 0 Å². The zero-order chi connectivity index (χ0) is 35.1. The first-order valence-corrected chi connectivity index (χ1v) is 18.7. The molecule has 1 aliphatic rings. The van der Waals surface area contributed by atoms with Gasteiger partial charge in [0.1, 0.15) is 22.2 Å². The molecule has 0 fully saturated rings. The summed E-state index contributed by atoms with van der Waals surface area (Å²) >= 11 is 0. The third-order valence-electron chi connectivity index (χ3n) is 12.0. The van der Waals surface area contributed by atoms with Crippen LogP contribution in [0.2, 0.25) is 0 Å². The van der Waals surface area contributed by atoms with Crippen LogP contribution < -0.4 is 10.6 Å². The average molecular weight is 691 g/mol. The van der Waals surface area contributed by atoms with Crippen molar-refractivity contribution in [3.8, 4) is 5.69 Å². The molecule has 54 heavy (non-hydrogen) atoms. The van der Waals surface area contributed by atoms with Crippen LogP contribution in [-0.4, -0.2) is 9.13 Å². The summed E-state index contributed by atoms with van der Waals surface area (Å²) in [5, 5.41) is 14.3. The van der Waals surface area contributed by atoms with Crippen molar-refractivity contribution in [1.29, 1.82) is 0 Å². The van der Waals surface area contributed by atoms with Gasteiger partial charge in [-0.25, -0.2) is 0 Å². The highest BCUT2D eigenvalue weighted by Gasteiger charge is 2.24. The first kappa shape index (κ1) is 28.5. The molecule has 12 aromatic rings. The predicted molar refractivity (Wildman–Crippen MR) is 224 cm³/mol. The van der Waals surface area contributed by atoms with E-state index in [1.807, 2.05) is 6.07 Å². The predicted octanol–water partition coefficient (Wildman–Crippen LogP) is 12.0. The molecule has 4 heterocycles. The molecule has 0 bridgehead atoms. The van der Waals surface area contributed by atoms with Crippen LogP contribution in [0.15, 0.2) is 160 Å². The van der Waals surface area contributed by atoms with Crippen LogP contribution in [0, 0.1) is 0 Å². The molecule has 1 aliphatic carbocycles. The van der Waals surface area contributed by atoms with Crippen molar-refractivity contribution < 1.29 is 8.83 Å². The topological polar surface area (TPSA) is 36.1 Å². The normalized spacial score (nSPS) is 14.7. The molecular formula is C50H30N2O2. The summed E-state index contributed by atoms with van der Waals surface area (Å²) in [6.45, 7) is 0. The summed E-state index contributed by atoms with van der Waals surface area (Å²) < 4.78 is 18.4. The second-order valence-electron chi connectivity index (χ2n) is 14.8. The van der Waals surface area contributed by atoms with Gasteiger partial charge >= 0.3 is 0 Å². The van der Waals surface area contributed by atoms with E-state index >= 15 is 0 Å². The number of nitrogens with zero attached hydrogens (tertiary/aromatic N) is 2. The number of benzene rings is 8. The summed E-state index contributed by atoms with van der Waals surface area (Å²) in [6, 6.07) is 55.1. The molecule has 4 heteroatoms. The zero-order valence-corrected chi connectivity index (χ0v) is 29.1. The number of hydrogen-bond acceptors (Lipinski definition) is 2. The molecule has 4 nitrogen and oxygen atoms in total. The van der Waals surface area contributed by atoms with Crippen LogP contribution in [0.25, 0.3) is 116 Å². The minimum absolute atomic E-state index is 0.131. The molecule has 8 aromatic carbocycles. The summed E-state index contributed by atoms with van der Waals surface area (Å²) in [7, 11) is 0. The maximum Gasteiger partial charge on any atom is 0.145 e. The lowest BCUT2D eigenvalue weighted by atomic mass is 10.0. The fourth-order valence-electron chi connectivity index (χ4n) is 9.67. The molecule has 0 saturated heterocycles. The molecule has 0 amide bonds. The van der Waals surface area contributed by atoms with Crippen molar-refractivity contribution in [2.45, 2.75) is 12.5 Å². The molecule has 0 saturated carbocycles. The molecule has 252 valence electrons. The third kappa shape index (κ3) is 3.67. The minimum Gasteiger partial charge on any atom is -0.456 e. The Balaban J connectivity index is 1.09. The van der Waals surface area contributed by atoms with Crippen molar-refractivity contribution >= 4 is 110 Å². The maximum absolute atomic E-state index is 7.21. The molecular weight excluding hydrogens is 661 g/mol. The van der Waals surface area contributed by atoms with E-state index in [9.17, 15) is 0 Å². The van der Waals surface area contributed by atoms with E-state index in [4.69, 9.17) is 8.83 Å². The van der Waals surface area contributed by atoms with E-state index in [1.54, 1.807) is 0 Å². The van der Waals surface area contributed by atoms with Gasteiger partial charge < -0.3 is 18.0 Å². The van der Waals surface area contributed by atoms with Crippen LogP contribution in [-0.2, 0) is 0 Å². The SMILES string of the molecule is C1=c2oc3ccccc3c2=CC(n2c3ccccc3c3c4oc5c(ccc6c5c5ccccc5n6-c5ccc6ccc7ccccc7c6c5)c4ccc32)C1. The van der Waals surface area contributed by atoms with E-state index in [2.05, 4.69) is 167 Å². The Morgan fingerprint density at radius 2 is 1.09 bits per heavy atom. The highest BCUT2D eigenvalue weighted by atomic mass is 16.3. The Kier molecular flexibility index (Phi) is 5.44. The molecule has 0 radical (unpaired) electrons. The van der Waals surface area contributed by atoms with Crippen molar-refractivity contribution in [3.63, 3.8) is 0 Å². The average Bonchev–Trinajstić information content (AvgIpc) is 3.97. The Labute approximate surface area is 307 Å². The van der Waals surface area contributed by atoms with Crippen molar-refractivity contribution in [2.75, 3.05) is 0 Å². The third-order valence-corrected chi connectivity index (χ3v) is 12.0. The monoisotopic (exact) mass is 690 g/mol. The fourth-order valence-corrected chi connectivity index (χ4v) is 9.67. The number of furan rings is 2. The van der Waals surface area contributed by atoms with Gasteiger partial charge in [-0.3, -0.25) is 0 Å². The van der Waals surface area contributed by atoms with E-state index in [0.29, 0.717) is 0 Å². The Morgan fingerprint density at radius 1 is 0.463 bits per heavy atom. The molecule has 1 unspecified atom stereocenters. The highest BCUT2D eigenvalue weighted by Crippen LogP contribution is 2.45. The lowest BCUT2D eigenvalue weighted by molar-refractivity contribution is 0.564. The standard InChI is InChI=1S/C50H30N2O2/c1-2-10-33-29(9-1)17-18-30-19-20-31(27-39(30)33)51-41-14-6-3-12-37(41)47-43(51)24-22-35-36-23-25-44-48(50(36)54-49(35)47)38-13-4-7-15-42(38)52(44)32-21-26-46-40(28-32)34-11-5-8-16-45(34)53-46/h1-20,22-28,32H,21H2. The lowest BCUT2D eigenvalue weighted by Crippen LogP contribution is -2.26. The fraction of sp³-hybridized carbons (Fsp3) is 0.0400. The Bertz CT molecular complexity index is 3720. The van der Waals surface area contributed by atoms with Gasteiger partial charge in [0, 0.05) is 43.4 Å². The number of fused-ring (bicyclic) bond motifs is 17. The maximum atomic E-state index is 7.21. The number of rotatable bonds is 2. The highest BCUT2D eigenvalue weighted by molar-refractivity contribution is 6.29. The van der Waals surface area contributed by atoms with E-state index < -0.39 is 0 Å². The van der Waals surface area contributed by atoms with Crippen LogP contribution in [0.1, 0.15) is 12.5 Å². The van der Waals surface area contributed by atoms with E-state index in [1.165, 1.54) is 48.6 Å². The largest absolute Gasteiger partial charge is 0.456 e. The summed E-state index contributed by atoms with van der Waals surface area (Å²) in [6.07, 6.45) is 5.50. The van der Waals surface area contributed by atoms with Gasteiger partial charge in [0.05, 0.1) is 33.4 Å². The van der Waals surface area contributed by atoms with Crippen LogP contribution in [0.5, 0.6) is 0 Å². The molecule has 0 spiro atoms. The van der Waals surface area contributed by atoms with Gasteiger partial charge in [-0.15, -0.1) is 0 Å². The van der Waals surface area contributed by atoms with Gasteiger partial charge in [0.2, 0.25) is 0 Å². The van der Waals surface area contributed by atoms with E-state index in [-0.39, 0.29) is 6.04 Å². The van der Waals surface area contributed by atoms with E-state index in [0.717, 1.165) is 72.2 Å². The zero-order valence-electron chi connectivity index (χ0n) is 29.1. The van der Waals surface area contributed by atoms with Crippen LogP contribution in [0.4, 0.5) is 0 Å². The smallest absolute Gasteiger partial charge is 0.145 e. The molecule has 0 N–H and O–H groups in total. The van der Waals surface area contributed by atoms with Crippen molar-refractivity contribution in [2.24, 2.45) is 0 Å². The number of aromatic nitrogens is 2. The lowest BCUT2D eigenvalue weighted by Gasteiger charge is -2.18. The summed E-state index contributed by atoms with van der Waals surface area (Å²) in [5.41, 5.74) is 9.59. The second kappa shape index (κ2) is 10.3. The second-order valence-corrected chi connectivity index (χ2v) is 14.8. The van der Waals surface area contributed by atoms with Gasteiger partial charge in [-0.1, -0.05) is 97.1 Å². The number of hydrogen-bond donors (Lipinski definition) is 0. The first-order chi connectivity index (χ1) is 26.8. The summed E-state index contributed by atoms with van der Waals surface area (Å²) in [4.78, 5) is 0. The van der Waals surface area contributed by atoms with Gasteiger partial charge in [-0.05, 0) is 94.7 Å².